The minimum absolute atomic E-state index is 0.270. The van der Waals surface area contributed by atoms with Gasteiger partial charge >= 0.3 is 5.97 Å². The second kappa shape index (κ2) is 12.2. The summed E-state index contributed by atoms with van der Waals surface area (Å²) < 4.78 is 0. The lowest BCUT2D eigenvalue weighted by atomic mass is 10.2. The summed E-state index contributed by atoms with van der Waals surface area (Å²) in [7, 11) is 0. The molecule has 3 heteroatoms. The average Bonchev–Trinajstić information content (AvgIpc) is 2.27. The molecular weight excluding hydrogens is 204 g/mol. The molecule has 0 saturated heterocycles. The highest BCUT2D eigenvalue weighted by Crippen LogP contribution is 2.02. The van der Waals surface area contributed by atoms with E-state index < -0.39 is 0 Å². The smallest absolute Gasteiger partial charge is 0.298 e. The van der Waals surface area contributed by atoms with E-state index in [9.17, 15) is 4.79 Å². The summed E-state index contributed by atoms with van der Waals surface area (Å²) in [5, 5.41) is 0. The SMILES string of the molecule is CC/C=C\CCCCCOOC(=O)CCC. The number of carbonyl (C=O) groups is 1. The molecule has 16 heavy (non-hydrogen) atoms. The molecular formula is C13H24O3. The van der Waals surface area contributed by atoms with Crippen LogP contribution in [0.2, 0.25) is 0 Å². The molecule has 0 N–H and O–H groups in total. The van der Waals surface area contributed by atoms with Gasteiger partial charge in [-0.05, 0) is 32.1 Å². The molecule has 0 aromatic rings. The Labute approximate surface area is 98.7 Å². The van der Waals surface area contributed by atoms with Gasteiger partial charge in [-0.1, -0.05) is 32.4 Å². The van der Waals surface area contributed by atoms with E-state index in [1.807, 2.05) is 6.92 Å². The predicted molar refractivity (Wildman–Crippen MR) is 64.9 cm³/mol. The third kappa shape index (κ3) is 11.2. The van der Waals surface area contributed by atoms with Crippen LogP contribution in [-0.2, 0) is 14.6 Å². The van der Waals surface area contributed by atoms with Crippen LogP contribution in [0.5, 0.6) is 0 Å². The molecule has 0 aliphatic heterocycles. The fraction of sp³-hybridized carbons (Fsp3) is 0.769. The van der Waals surface area contributed by atoms with E-state index in [1.54, 1.807) is 0 Å². The van der Waals surface area contributed by atoms with Crippen LogP contribution < -0.4 is 0 Å². The Morgan fingerprint density at radius 2 is 1.94 bits per heavy atom. The maximum absolute atomic E-state index is 10.9. The van der Waals surface area contributed by atoms with E-state index in [1.165, 1.54) is 6.42 Å². The first kappa shape index (κ1) is 15.2. The summed E-state index contributed by atoms with van der Waals surface area (Å²) >= 11 is 0. The number of rotatable bonds is 10. The van der Waals surface area contributed by atoms with Crippen LogP contribution in [0.4, 0.5) is 0 Å². The molecule has 0 spiro atoms. The van der Waals surface area contributed by atoms with E-state index in [0.717, 1.165) is 32.1 Å². The molecule has 0 fully saturated rings. The Balaban J connectivity index is 3.09. The third-order valence-corrected chi connectivity index (χ3v) is 2.11. The quantitative estimate of drug-likeness (QED) is 0.247. The number of hydrogen-bond donors (Lipinski definition) is 0. The monoisotopic (exact) mass is 228 g/mol. The molecule has 0 bridgehead atoms. The molecule has 3 nitrogen and oxygen atoms in total. The van der Waals surface area contributed by atoms with Crippen molar-refractivity contribution in [1.29, 1.82) is 0 Å². The van der Waals surface area contributed by atoms with Gasteiger partial charge < -0.3 is 0 Å². The van der Waals surface area contributed by atoms with E-state index in [0.29, 0.717) is 13.0 Å². The highest BCUT2D eigenvalue weighted by Gasteiger charge is 2.00. The van der Waals surface area contributed by atoms with Crippen LogP contribution in [0.25, 0.3) is 0 Å². The van der Waals surface area contributed by atoms with Crippen molar-refractivity contribution in [3.05, 3.63) is 12.2 Å². The van der Waals surface area contributed by atoms with Gasteiger partial charge in [0.1, 0.15) is 0 Å². The van der Waals surface area contributed by atoms with Crippen LogP contribution in [0.1, 0.15) is 58.8 Å². The molecule has 0 radical (unpaired) electrons. The van der Waals surface area contributed by atoms with Gasteiger partial charge in [0.15, 0.2) is 0 Å². The van der Waals surface area contributed by atoms with Crippen LogP contribution in [0.3, 0.4) is 0 Å². The van der Waals surface area contributed by atoms with Crippen molar-refractivity contribution in [3.8, 4) is 0 Å². The van der Waals surface area contributed by atoms with Crippen LogP contribution in [-0.4, -0.2) is 12.6 Å². The normalized spacial score (nSPS) is 10.9. The second-order valence-corrected chi connectivity index (χ2v) is 3.76. The first-order valence-corrected chi connectivity index (χ1v) is 6.28. The van der Waals surface area contributed by atoms with Gasteiger partial charge in [0, 0.05) is 6.42 Å². The molecule has 0 aromatic heterocycles. The molecule has 0 amide bonds. The first-order chi connectivity index (χ1) is 7.81. The minimum Gasteiger partial charge on any atom is -0.298 e. The molecule has 0 heterocycles. The van der Waals surface area contributed by atoms with Crippen molar-refractivity contribution in [2.24, 2.45) is 0 Å². The van der Waals surface area contributed by atoms with E-state index in [2.05, 4.69) is 24.0 Å². The molecule has 0 atom stereocenters. The molecule has 0 aliphatic carbocycles. The van der Waals surface area contributed by atoms with Crippen LogP contribution in [0, 0.1) is 0 Å². The van der Waals surface area contributed by atoms with Crippen molar-refractivity contribution in [1.82, 2.24) is 0 Å². The summed E-state index contributed by atoms with van der Waals surface area (Å²) in [5.41, 5.74) is 0. The molecule has 94 valence electrons. The standard InChI is InChI=1S/C13H24O3/c1-3-5-6-7-8-9-10-12-15-16-13(14)11-4-2/h5-6H,3-4,7-12H2,1-2H3/b6-5-. The highest BCUT2D eigenvalue weighted by molar-refractivity contribution is 5.68. The molecule has 0 unspecified atom stereocenters. The van der Waals surface area contributed by atoms with Gasteiger partial charge in [0.05, 0.1) is 6.61 Å². The van der Waals surface area contributed by atoms with Crippen molar-refractivity contribution >= 4 is 5.97 Å². The Morgan fingerprint density at radius 3 is 2.62 bits per heavy atom. The summed E-state index contributed by atoms with van der Waals surface area (Å²) in [6, 6.07) is 0. The maximum atomic E-state index is 10.9. The summed E-state index contributed by atoms with van der Waals surface area (Å²) in [6.45, 7) is 4.58. The van der Waals surface area contributed by atoms with Gasteiger partial charge in [0.25, 0.3) is 0 Å². The summed E-state index contributed by atoms with van der Waals surface area (Å²) in [4.78, 5) is 20.3. The van der Waals surface area contributed by atoms with Crippen LogP contribution >= 0.6 is 0 Å². The lowest BCUT2D eigenvalue weighted by Crippen LogP contribution is -2.05. The zero-order valence-electron chi connectivity index (χ0n) is 10.5. The topological polar surface area (TPSA) is 35.5 Å². The predicted octanol–water partition coefficient (Wildman–Crippen LogP) is 3.79. The Kier molecular flexibility index (Phi) is 11.6. The van der Waals surface area contributed by atoms with E-state index >= 15 is 0 Å². The second-order valence-electron chi connectivity index (χ2n) is 3.76. The highest BCUT2D eigenvalue weighted by atomic mass is 17.2. The van der Waals surface area contributed by atoms with Crippen molar-refractivity contribution in [2.45, 2.75) is 58.8 Å². The maximum Gasteiger partial charge on any atom is 0.342 e. The van der Waals surface area contributed by atoms with Gasteiger partial charge in [-0.2, -0.15) is 4.89 Å². The van der Waals surface area contributed by atoms with Crippen molar-refractivity contribution < 1.29 is 14.6 Å². The molecule has 0 aromatic carbocycles. The molecule has 0 rings (SSSR count). The number of unbranched alkanes of at least 4 members (excludes halogenated alkanes) is 3. The van der Waals surface area contributed by atoms with E-state index in [4.69, 9.17) is 4.89 Å². The lowest BCUT2D eigenvalue weighted by Gasteiger charge is -2.02. The summed E-state index contributed by atoms with van der Waals surface area (Å²) in [5.74, 6) is -0.270. The number of carbonyl (C=O) groups excluding carboxylic acids is 1. The molecule has 0 aliphatic rings. The lowest BCUT2D eigenvalue weighted by molar-refractivity contribution is -0.272. The third-order valence-electron chi connectivity index (χ3n) is 2.11. The van der Waals surface area contributed by atoms with Crippen LogP contribution in [0.15, 0.2) is 12.2 Å². The Hall–Kier alpha value is -0.830. The van der Waals surface area contributed by atoms with Crippen molar-refractivity contribution in [2.75, 3.05) is 6.61 Å². The average molecular weight is 228 g/mol. The largest absolute Gasteiger partial charge is 0.342 e. The zero-order chi connectivity index (χ0) is 12.1. The minimum atomic E-state index is -0.270. The number of hydrogen-bond acceptors (Lipinski definition) is 3. The fourth-order valence-electron chi connectivity index (χ4n) is 1.24. The summed E-state index contributed by atoms with van der Waals surface area (Å²) in [6.07, 6.45) is 11.1. The molecule has 0 saturated carbocycles. The first-order valence-electron chi connectivity index (χ1n) is 6.28. The Bertz CT molecular complexity index is 188. The van der Waals surface area contributed by atoms with E-state index in [-0.39, 0.29) is 5.97 Å². The van der Waals surface area contributed by atoms with Gasteiger partial charge in [-0.3, -0.25) is 4.89 Å². The van der Waals surface area contributed by atoms with Crippen molar-refractivity contribution in [3.63, 3.8) is 0 Å². The fourth-order valence-corrected chi connectivity index (χ4v) is 1.24. The zero-order valence-corrected chi connectivity index (χ0v) is 10.5. The van der Waals surface area contributed by atoms with Gasteiger partial charge in [0.2, 0.25) is 0 Å². The number of allylic oxidation sites excluding steroid dienone is 2. The van der Waals surface area contributed by atoms with Gasteiger partial charge in [-0.25, -0.2) is 4.79 Å². The Morgan fingerprint density at radius 1 is 1.12 bits per heavy atom. The van der Waals surface area contributed by atoms with Gasteiger partial charge in [-0.15, -0.1) is 0 Å².